The van der Waals surface area contributed by atoms with Crippen LogP contribution in [0.4, 0.5) is 0 Å². The summed E-state index contributed by atoms with van der Waals surface area (Å²) in [6.45, 7) is 5.66. The van der Waals surface area contributed by atoms with Crippen LogP contribution in [0.3, 0.4) is 0 Å². The molecule has 1 N–H and O–H groups in total. The maximum absolute atomic E-state index is 12.2. The van der Waals surface area contributed by atoms with Gasteiger partial charge in [-0.15, -0.1) is 0 Å². The Morgan fingerprint density at radius 1 is 1.14 bits per heavy atom. The van der Waals surface area contributed by atoms with E-state index in [1.54, 1.807) is 31.4 Å². The molecule has 1 aromatic rings. The number of methoxy groups -OCH3 is 1. The number of nitrogens with one attached hydrogen (secondary N) is 1. The van der Waals surface area contributed by atoms with Gasteiger partial charge in [0.1, 0.15) is 5.75 Å². The van der Waals surface area contributed by atoms with E-state index in [0.29, 0.717) is 12.3 Å². The van der Waals surface area contributed by atoms with Crippen LogP contribution in [0.15, 0.2) is 29.2 Å². The number of hydrogen-bond acceptors (Lipinski definition) is 5. The van der Waals surface area contributed by atoms with Crippen LogP contribution in [0.1, 0.15) is 6.42 Å². The molecule has 0 atom stereocenters. The van der Waals surface area contributed by atoms with Crippen molar-refractivity contribution in [1.29, 1.82) is 0 Å². The lowest BCUT2D eigenvalue weighted by Gasteiger charge is -2.32. The molecule has 1 aliphatic heterocycles. The zero-order valence-electron chi connectivity index (χ0n) is 13.3. The van der Waals surface area contributed by atoms with Crippen molar-refractivity contribution >= 4 is 10.0 Å². The number of ether oxygens (including phenoxy) is 1. The molecule has 2 rings (SSSR count). The number of sulfonamides is 1. The number of likely N-dealkylation sites (N-methyl/N-ethyl adjacent to an activating group) is 1. The standard InChI is InChI=1S/C15H25N3O3S/c1-17-10-12-18(13-11-17)9-3-8-16-22(19,20)15-6-4-14(21-2)5-7-15/h4-7,16H,3,8-13H2,1-2H3. The molecular formula is C15H25N3O3S. The molecule has 0 unspecified atom stereocenters. The quantitative estimate of drug-likeness (QED) is 0.744. The average Bonchev–Trinajstić information content (AvgIpc) is 2.53. The molecule has 1 heterocycles. The third kappa shape index (κ3) is 4.95. The highest BCUT2D eigenvalue weighted by atomic mass is 32.2. The number of benzene rings is 1. The first-order valence-corrected chi connectivity index (χ1v) is 9.04. The summed E-state index contributed by atoms with van der Waals surface area (Å²) in [6, 6.07) is 6.42. The highest BCUT2D eigenvalue weighted by Crippen LogP contribution is 2.15. The minimum atomic E-state index is -3.43. The second-order valence-electron chi connectivity index (χ2n) is 5.57. The topological polar surface area (TPSA) is 61.9 Å². The van der Waals surface area contributed by atoms with Gasteiger partial charge >= 0.3 is 0 Å². The molecule has 0 amide bonds. The SMILES string of the molecule is COc1ccc(S(=O)(=O)NCCCN2CCN(C)CC2)cc1. The predicted molar refractivity (Wildman–Crippen MR) is 86.7 cm³/mol. The van der Waals surface area contributed by atoms with Crippen molar-refractivity contribution in [2.45, 2.75) is 11.3 Å². The molecule has 124 valence electrons. The van der Waals surface area contributed by atoms with Gasteiger partial charge in [-0.2, -0.15) is 0 Å². The lowest BCUT2D eigenvalue weighted by molar-refractivity contribution is 0.153. The third-order valence-corrected chi connectivity index (χ3v) is 5.39. The second kappa shape index (κ2) is 7.92. The fourth-order valence-electron chi connectivity index (χ4n) is 2.42. The van der Waals surface area contributed by atoms with Gasteiger partial charge in [-0.1, -0.05) is 0 Å². The molecule has 1 fully saturated rings. The summed E-state index contributed by atoms with van der Waals surface area (Å²) >= 11 is 0. The van der Waals surface area contributed by atoms with E-state index < -0.39 is 10.0 Å². The van der Waals surface area contributed by atoms with Crippen LogP contribution < -0.4 is 9.46 Å². The zero-order valence-corrected chi connectivity index (χ0v) is 14.1. The van der Waals surface area contributed by atoms with Crippen molar-refractivity contribution < 1.29 is 13.2 Å². The molecule has 0 aromatic heterocycles. The first kappa shape index (κ1) is 17.2. The Morgan fingerprint density at radius 3 is 2.36 bits per heavy atom. The number of rotatable bonds is 7. The van der Waals surface area contributed by atoms with Crippen LogP contribution in [0, 0.1) is 0 Å². The predicted octanol–water partition coefficient (Wildman–Crippen LogP) is 0.611. The van der Waals surface area contributed by atoms with Crippen molar-refractivity contribution in [3.05, 3.63) is 24.3 Å². The molecule has 0 spiro atoms. The largest absolute Gasteiger partial charge is 0.497 e. The molecule has 1 aromatic carbocycles. The van der Waals surface area contributed by atoms with Gasteiger partial charge < -0.3 is 14.5 Å². The third-order valence-electron chi connectivity index (χ3n) is 3.91. The van der Waals surface area contributed by atoms with Gasteiger partial charge in [0.05, 0.1) is 12.0 Å². The number of hydrogen-bond donors (Lipinski definition) is 1. The average molecular weight is 327 g/mol. The molecule has 6 nitrogen and oxygen atoms in total. The van der Waals surface area contributed by atoms with E-state index >= 15 is 0 Å². The number of piperazine rings is 1. The summed E-state index contributed by atoms with van der Waals surface area (Å²) < 4.78 is 32.0. The summed E-state index contributed by atoms with van der Waals surface area (Å²) in [5.41, 5.74) is 0. The van der Waals surface area contributed by atoms with Crippen LogP contribution >= 0.6 is 0 Å². The van der Waals surface area contributed by atoms with Gasteiger partial charge in [0.15, 0.2) is 0 Å². The lowest BCUT2D eigenvalue weighted by Crippen LogP contribution is -2.45. The molecule has 1 aliphatic rings. The van der Waals surface area contributed by atoms with Crippen LogP contribution in [-0.4, -0.2) is 71.6 Å². The Bertz CT molecular complexity index is 552. The van der Waals surface area contributed by atoms with Gasteiger partial charge in [-0.05, 0) is 44.3 Å². The molecule has 0 aliphatic carbocycles. The smallest absolute Gasteiger partial charge is 0.240 e. The Hall–Kier alpha value is -1.15. The maximum atomic E-state index is 12.2. The molecule has 0 radical (unpaired) electrons. The van der Waals surface area contributed by atoms with Crippen LogP contribution in [0.2, 0.25) is 0 Å². The summed E-state index contributed by atoms with van der Waals surface area (Å²) in [5, 5.41) is 0. The van der Waals surface area contributed by atoms with Crippen LogP contribution in [0.5, 0.6) is 5.75 Å². The minimum absolute atomic E-state index is 0.271. The Balaban J connectivity index is 1.75. The molecule has 0 saturated carbocycles. The molecule has 0 bridgehead atoms. The van der Waals surface area contributed by atoms with Crippen LogP contribution in [0.25, 0.3) is 0 Å². The van der Waals surface area contributed by atoms with Crippen LogP contribution in [-0.2, 0) is 10.0 Å². The van der Waals surface area contributed by atoms with E-state index in [1.807, 2.05) is 0 Å². The molecule has 22 heavy (non-hydrogen) atoms. The highest BCUT2D eigenvalue weighted by molar-refractivity contribution is 7.89. The summed E-state index contributed by atoms with van der Waals surface area (Å²) in [5.74, 6) is 0.647. The fourth-order valence-corrected chi connectivity index (χ4v) is 3.49. The Labute approximate surface area is 133 Å². The fraction of sp³-hybridized carbons (Fsp3) is 0.600. The minimum Gasteiger partial charge on any atom is -0.497 e. The summed E-state index contributed by atoms with van der Waals surface area (Å²) in [7, 11) is 0.252. The second-order valence-corrected chi connectivity index (χ2v) is 7.34. The molecule has 7 heteroatoms. The maximum Gasteiger partial charge on any atom is 0.240 e. The number of nitrogens with zero attached hydrogens (tertiary/aromatic N) is 2. The molecular weight excluding hydrogens is 302 g/mol. The van der Waals surface area contributed by atoms with Gasteiger partial charge in [-0.25, -0.2) is 13.1 Å². The molecule has 1 saturated heterocycles. The highest BCUT2D eigenvalue weighted by Gasteiger charge is 2.15. The normalized spacial score (nSPS) is 17.5. The first-order valence-electron chi connectivity index (χ1n) is 7.56. The van der Waals surface area contributed by atoms with Gasteiger partial charge in [0, 0.05) is 32.7 Å². The van der Waals surface area contributed by atoms with Crippen molar-refractivity contribution in [3.8, 4) is 5.75 Å². The summed E-state index contributed by atoms with van der Waals surface area (Å²) in [6.07, 6.45) is 0.819. The van der Waals surface area contributed by atoms with Gasteiger partial charge in [0.25, 0.3) is 0 Å². The van der Waals surface area contributed by atoms with E-state index in [2.05, 4.69) is 21.6 Å². The van der Waals surface area contributed by atoms with E-state index in [4.69, 9.17) is 4.74 Å². The Morgan fingerprint density at radius 2 is 1.77 bits per heavy atom. The van der Waals surface area contributed by atoms with E-state index in [1.165, 1.54) is 0 Å². The zero-order chi connectivity index (χ0) is 16.0. The van der Waals surface area contributed by atoms with E-state index in [9.17, 15) is 8.42 Å². The van der Waals surface area contributed by atoms with Crippen molar-refractivity contribution in [2.75, 3.05) is 53.4 Å². The van der Waals surface area contributed by atoms with Gasteiger partial charge in [0.2, 0.25) is 10.0 Å². The van der Waals surface area contributed by atoms with Gasteiger partial charge in [-0.3, -0.25) is 0 Å². The summed E-state index contributed by atoms with van der Waals surface area (Å²) in [4.78, 5) is 4.96. The lowest BCUT2D eigenvalue weighted by atomic mass is 10.3. The van der Waals surface area contributed by atoms with E-state index in [-0.39, 0.29) is 4.90 Å². The van der Waals surface area contributed by atoms with Crippen molar-refractivity contribution in [1.82, 2.24) is 14.5 Å². The Kier molecular flexibility index (Phi) is 6.19. The monoisotopic (exact) mass is 327 g/mol. The van der Waals surface area contributed by atoms with E-state index in [0.717, 1.165) is 39.1 Å². The van der Waals surface area contributed by atoms with Crippen molar-refractivity contribution in [2.24, 2.45) is 0 Å². The first-order chi connectivity index (χ1) is 10.5. The van der Waals surface area contributed by atoms with Crippen molar-refractivity contribution in [3.63, 3.8) is 0 Å².